The number of Topliss-reactive ketones (excluding diaryl/α,β-unsaturated/α-hetero) is 1. The van der Waals surface area contributed by atoms with Crippen molar-refractivity contribution in [1.82, 2.24) is 9.55 Å². The predicted molar refractivity (Wildman–Crippen MR) is 164 cm³/mol. The SMILES string of the molecule is Cc1cc(C)cc(NC(=O)c2sc3nc(SCC(=O)c4ccccc4)n(CCc4ccccc4)c(=O)c3c2C)c1. The van der Waals surface area contributed by atoms with Crippen molar-refractivity contribution in [3.63, 3.8) is 0 Å². The monoisotopic (exact) mass is 567 g/mol. The van der Waals surface area contributed by atoms with Gasteiger partial charge in [-0.15, -0.1) is 11.3 Å². The Balaban J connectivity index is 1.50. The van der Waals surface area contributed by atoms with E-state index in [1.807, 2.05) is 80.6 Å². The molecular formula is C32H29N3O3S2. The van der Waals surface area contributed by atoms with Gasteiger partial charge in [-0.25, -0.2) is 4.98 Å². The quantitative estimate of drug-likeness (QED) is 0.120. The number of fused-ring (bicyclic) bond motifs is 1. The molecule has 0 aliphatic heterocycles. The normalized spacial score (nSPS) is 11.1. The van der Waals surface area contributed by atoms with Crippen molar-refractivity contribution in [1.29, 1.82) is 0 Å². The number of anilines is 1. The van der Waals surface area contributed by atoms with Crippen LogP contribution in [-0.4, -0.2) is 27.0 Å². The molecule has 2 aromatic heterocycles. The molecule has 0 aliphatic carbocycles. The molecule has 1 amide bonds. The molecule has 0 radical (unpaired) electrons. The summed E-state index contributed by atoms with van der Waals surface area (Å²) in [6, 6.07) is 24.9. The topological polar surface area (TPSA) is 81.1 Å². The number of carbonyl (C=O) groups is 2. The molecule has 0 aliphatic rings. The Kier molecular flexibility index (Phi) is 8.28. The van der Waals surface area contributed by atoms with Gasteiger partial charge in [-0.3, -0.25) is 19.0 Å². The highest BCUT2D eigenvalue weighted by molar-refractivity contribution is 7.99. The van der Waals surface area contributed by atoms with E-state index in [0.29, 0.717) is 50.0 Å². The van der Waals surface area contributed by atoms with Gasteiger partial charge < -0.3 is 5.32 Å². The summed E-state index contributed by atoms with van der Waals surface area (Å²) in [5, 5.41) is 3.90. The van der Waals surface area contributed by atoms with Crippen LogP contribution in [0, 0.1) is 20.8 Å². The first-order valence-electron chi connectivity index (χ1n) is 13.0. The van der Waals surface area contributed by atoms with Crippen molar-refractivity contribution < 1.29 is 9.59 Å². The van der Waals surface area contributed by atoms with E-state index in [9.17, 15) is 14.4 Å². The first-order chi connectivity index (χ1) is 19.3. The van der Waals surface area contributed by atoms with E-state index < -0.39 is 0 Å². The van der Waals surface area contributed by atoms with Crippen LogP contribution in [0.3, 0.4) is 0 Å². The number of benzene rings is 3. The van der Waals surface area contributed by atoms with Crippen LogP contribution in [0.5, 0.6) is 0 Å². The molecule has 0 unspecified atom stereocenters. The van der Waals surface area contributed by atoms with Gasteiger partial charge in [0.2, 0.25) is 0 Å². The number of aryl methyl sites for hydroxylation is 4. The highest BCUT2D eigenvalue weighted by atomic mass is 32.2. The van der Waals surface area contributed by atoms with E-state index in [2.05, 4.69) is 5.32 Å². The molecule has 0 saturated heterocycles. The highest BCUT2D eigenvalue weighted by Gasteiger charge is 2.22. The Hall–Kier alpha value is -4.01. The average molecular weight is 568 g/mol. The first kappa shape index (κ1) is 27.6. The molecule has 3 aromatic carbocycles. The Bertz CT molecular complexity index is 1740. The summed E-state index contributed by atoms with van der Waals surface area (Å²) >= 11 is 2.46. The molecule has 5 aromatic rings. The molecule has 0 saturated carbocycles. The Morgan fingerprint density at radius 1 is 0.925 bits per heavy atom. The van der Waals surface area contributed by atoms with Gasteiger partial charge in [0.05, 0.1) is 16.0 Å². The second-order valence-electron chi connectivity index (χ2n) is 9.73. The second kappa shape index (κ2) is 12.0. The van der Waals surface area contributed by atoms with Crippen molar-refractivity contribution in [2.45, 2.75) is 38.9 Å². The lowest BCUT2D eigenvalue weighted by Gasteiger charge is -2.12. The summed E-state index contributed by atoms with van der Waals surface area (Å²) < 4.78 is 1.64. The van der Waals surface area contributed by atoms with Crippen LogP contribution in [0.1, 0.15) is 42.3 Å². The summed E-state index contributed by atoms with van der Waals surface area (Å²) in [6.45, 7) is 6.17. The number of nitrogens with zero attached hydrogens (tertiary/aromatic N) is 2. The van der Waals surface area contributed by atoms with Crippen molar-refractivity contribution in [2.24, 2.45) is 0 Å². The Morgan fingerprint density at radius 3 is 2.25 bits per heavy atom. The summed E-state index contributed by atoms with van der Waals surface area (Å²) in [5.41, 5.74) is 4.95. The van der Waals surface area contributed by atoms with Crippen LogP contribution in [-0.2, 0) is 13.0 Å². The van der Waals surface area contributed by atoms with Crippen LogP contribution < -0.4 is 10.9 Å². The molecule has 202 valence electrons. The predicted octanol–water partition coefficient (Wildman–Crippen LogP) is 6.85. The minimum atomic E-state index is -0.269. The zero-order chi connectivity index (χ0) is 28.2. The molecular weight excluding hydrogens is 539 g/mol. The van der Waals surface area contributed by atoms with Gasteiger partial charge in [0, 0.05) is 17.8 Å². The van der Waals surface area contributed by atoms with Crippen molar-refractivity contribution >= 4 is 50.7 Å². The van der Waals surface area contributed by atoms with Crippen LogP contribution in [0.4, 0.5) is 5.69 Å². The first-order valence-corrected chi connectivity index (χ1v) is 14.8. The zero-order valence-corrected chi connectivity index (χ0v) is 24.2. The molecule has 0 bridgehead atoms. The third-order valence-corrected chi connectivity index (χ3v) is 8.76. The summed E-state index contributed by atoms with van der Waals surface area (Å²) in [7, 11) is 0. The van der Waals surface area contributed by atoms with Gasteiger partial charge in [-0.2, -0.15) is 0 Å². The van der Waals surface area contributed by atoms with Gasteiger partial charge in [0.15, 0.2) is 10.9 Å². The number of nitrogens with one attached hydrogen (secondary N) is 1. The van der Waals surface area contributed by atoms with Gasteiger partial charge in [-0.05, 0) is 61.6 Å². The van der Waals surface area contributed by atoms with Crippen molar-refractivity contribution in [3.8, 4) is 0 Å². The second-order valence-corrected chi connectivity index (χ2v) is 11.7. The molecule has 0 fully saturated rings. The maximum Gasteiger partial charge on any atom is 0.266 e. The van der Waals surface area contributed by atoms with E-state index >= 15 is 0 Å². The van der Waals surface area contributed by atoms with Crippen LogP contribution >= 0.6 is 23.1 Å². The number of thioether (sulfide) groups is 1. The number of ketones is 1. The molecule has 6 nitrogen and oxygen atoms in total. The van der Waals surface area contributed by atoms with E-state index in [1.54, 1.807) is 23.6 Å². The van der Waals surface area contributed by atoms with Crippen molar-refractivity contribution in [3.05, 3.63) is 122 Å². The lowest BCUT2D eigenvalue weighted by Crippen LogP contribution is -2.25. The van der Waals surface area contributed by atoms with Crippen LogP contribution in [0.2, 0.25) is 0 Å². The van der Waals surface area contributed by atoms with Gasteiger partial charge >= 0.3 is 0 Å². The number of aromatic nitrogens is 2. The van der Waals surface area contributed by atoms with E-state index in [1.165, 1.54) is 23.1 Å². The highest BCUT2D eigenvalue weighted by Crippen LogP contribution is 2.30. The van der Waals surface area contributed by atoms with Crippen LogP contribution in [0.15, 0.2) is 88.8 Å². The number of amides is 1. The maximum atomic E-state index is 13.9. The van der Waals surface area contributed by atoms with Crippen LogP contribution in [0.25, 0.3) is 10.2 Å². The van der Waals surface area contributed by atoms with Crippen molar-refractivity contribution in [2.75, 3.05) is 11.1 Å². The molecule has 8 heteroatoms. The molecule has 5 rings (SSSR count). The van der Waals surface area contributed by atoms with Gasteiger partial charge in [-0.1, -0.05) is 78.5 Å². The van der Waals surface area contributed by atoms with E-state index in [0.717, 1.165) is 16.7 Å². The third-order valence-electron chi connectivity index (χ3n) is 6.60. The molecule has 0 spiro atoms. The lowest BCUT2D eigenvalue weighted by molar-refractivity contribution is 0.101. The molecule has 40 heavy (non-hydrogen) atoms. The zero-order valence-electron chi connectivity index (χ0n) is 22.6. The fraction of sp³-hybridized carbons (Fsp3) is 0.188. The number of hydrogen-bond donors (Lipinski definition) is 1. The Morgan fingerprint density at radius 2 is 1.57 bits per heavy atom. The average Bonchev–Trinajstić information content (AvgIpc) is 3.28. The Labute approximate surface area is 241 Å². The molecule has 0 atom stereocenters. The number of hydrogen-bond acceptors (Lipinski definition) is 6. The maximum absolute atomic E-state index is 13.9. The number of thiophene rings is 1. The smallest absolute Gasteiger partial charge is 0.266 e. The minimum Gasteiger partial charge on any atom is -0.321 e. The number of rotatable bonds is 9. The van der Waals surface area contributed by atoms with E-state index in [-0.39, 0.29) is 23.0 Å². The fourth-order valence-electron chi connectivity index (χ4n) is 4.68. The standard InChI is InChI=1S/C32H29N3O3S2/c1-20-16-21(2)18-25(17-20)33-29(37)28-22(3)27-30(40-28)34-32(39-19-26(36)24-12-8-5-9-13-24)35(31(27)38)15-14-23-10-6-4-7-11-23/h4-13,16-18H,14-15,19H2,1-3H3,(H,33,37). The lowest BCUT2D eigenvalue weighted by atomic mass is 10.1. The number of carbonyl (C=O) groups excluding carboxylic acids is 2. The van der Waals surface area contributed by atoms with E-state index in [4.69, 9.17) is 4.98 Å². The fourth-order valence-corrected chi connectivity index (χ4v) is 6.72. The third kappa shape index (κ3) is 6.08. The summed E-state index contributed by atoms with van der Waals surface area (Å²) in [4.78, 5) is 45.8. The van der Waals surface area contributed by atoms with Gasteiger partial charge in [0.25, 0.3) is 11.5 Å². The largest absolute Gasteiger partial charge is 0.321 e. The summed E-state index contributed by atoms with van der Waals surface area (Å²) in [5.74, 6) is -0.155. The molecule has 2 heterocycles. The van der Waals surface area contributed by atoms with Gasteiger partial charge in [0.1, 0.15) is 4.83 Å². The minimum absolute atomic E-state index is 0.0366. The molecule has 1 N–H and O–H groups in total. The summed E-state index contributed by atoms with van der Waals surface area (Å²) in [6.07, 6.45) is 0.636.